The van der Waals surface area contributed by atoms with E-state index in [4.69, 9.17) is 0 Å². The van der Waals surface area contributed by atoms with E-state index in [1.807, 2.05) is 0 Å². The van der Waals surface area contributed by atoms with Crippen LogP contribution in [0.4, 0.5) is 0 Å². The molecule has 1 atom stereocenters. The van der Waals surface area contributed by atoms with Gasteiger partial charge in [-0.2, -0.15) is 0 Å². The quantitative estimate of drug-likeness (QED) is 0.672. The molecule has 0 aliphatic carbocycles. The monoisotopic (exact) mass is 376 g/mol. The van der Waals surface area contributed by atoms with Crippen LogP contribution in [0.3, 0.4) is 0 Å². The third-order valence-corrected chi connectivity index (χ3v) is 5.11. The highest BCUT2D eigenvalue weighted by molar-refractivity contribution is 8.13. The summed E-state index contributed by atoms with van der Waals surface area (Å²) in [7, 11) is 0. The minimum absolute atomic E-state index is 0.0221. The first-order valence-electron chi connectivity index (χ1n) is 8.62. The Morgan fingerprint density at radius 2 is 2.08 bits per heavy atom. The third-order valence-electron chi connectivity index (χ3n) is 4.03. The van der Waals surface area contributed by atoms with Crippen LogP contribution in [0.15, 0.2) is 30.5 Å². The molecule has 0 aliphatic rings. The van der Waals surface area contributed by atoms with Gasteiger partial charge in [0.15, 0.2) is 6.10 Å². The Hall–Kier alpha value is -2.12. The fourth-order valence-corrected chi connectivity index (χ4v) is 3.26. The van der Waals surface area contributed by atoms with Gasteiger partial charge in [0.2, 0.25) is 0 Å². The summed E-state index contributed by atoms with van der Waals surface area (Å²) in [6, 6.07) is 6.61. The number of aromatic carboxylic acids is 1. The number of unbranched alkanes of at least 4 members (excludes halogenated alkanes) is 1. The normalized spacial score (nSPS) is 12.1. The van der Waals surface area contributed by atoms with E-state index < -0.39 is 12.1 Å². The van der Waals surface area contributed by atoms with E-state index >= 15 is 0 Å². The van der Waals surface area contributed by atoms with Crippen LogP contribution in [0, 0.1) is 0 Å². The number of aryl methyl sites for hydroxylation is 1. The summed E-state index contributed by atoms with van der Waals surface area (Å²) < 4.78 is 2.09. The molecule has 26 heavy (non-hydrogen) atoms. The van der Waals surface area contributed by atoms with E-state index in [1.54, 1.807) is 18.3 Å². The van der Waals surface area contributed by atoms with Crippen LogP contribution in [0.5, 0.6) is 0 Å². The summed E-state index contributed by atoms with van der Waals surface area (Å²) >= 11 is 1.18. The van der Waals surface area contributed by atoms with Crippen LogP contribution >= 0.6 is 11.8 Å². The molecule has 2 N–H and O–H groups in total. The summed E-state index contributed by atoms with van der Waals surface area (Å²) in [5.74, 6) is 0.263. The maximum absolute atomic E-state index is 10.9. The zero-order valence-corrected chi connectivity index (χ0v) is 15.8. The average Bonchev–Trinajstić information content (AvgIpc) is 2.99. The van der Waals surface area contributed by atoms with Crippen molar-refractivity contribution in [2.45, 2.75) is 51.5 Å². The maximum atomic E-state index is 10.9. The Kier molecular flexibility index (Phi) is 7.41. The minimum atomic E-state index is -1.19. The molecule has 0 spiro atoms. The van der Waals surface area contributed by atoms with Crippen molar-refractivity contribution in [3.05, 3.63) is 53.1 Å². The van der Waals surface area contributed by atoms with Gasteiger partial charge in [-0.1, -0.05) is 37.6 Å². The summed E-state index contributed by atoms with van der Waals surface area (Å²) in [6.45, 7) is 4.21. The zero-order chi connectivity index (χ0) is 19.1. The fourth-order valence-electron chi connectivity index (χ4n) is 2.49. The van der Waals surface area contributed by atoms with E-state index in [9.17, 15) is 19.8 Å². The maximum Gasteiger partial charge on any atom is 0.379 e. The lowest BCUT2D eigenvalue weighted by molar-refractivity contribution is -0.255. The van der Waals surface area contributed by atoms with Gasteiger partial charge in [-0.15, -0.1) is 0 Å². The number of imidazole rings is 1. The standard InChI is InChI=1S/C19H24N2O4S/c1-3-4-5-17-20-10-16(12-26-19(25)13(2)22)21(17)11-14-6-8-15(9-7-14)18(23)24/h6-10,13,22H,3-5,11-12H2,1-2H3,(H,23,24). The van der Waals surface area contributed by atoms with E-state index in [0.717, 1.165) is 36.3 Å². The topological polar surface area (TPSA) is 99.6 Å². The highest BCUT2D eigenvalue weighted by Gasteiger charge is 2.19. The number of hydrogen-bond donors (Lipinski definition) is 1. The minimum Gasteiger partial charge on any atom is -0.545 e. The van der Waals surface area contributed by atoms with Crippen molar-refractivity contribution in [3.8, 4) is 0 Å². The largest absolute Gasteiger partial charge is 0.545 e. The predicted octanol–water partition coefficient (Wildman–Crippen LogP) is 1.75. The molecular weight excluding hydrogens is 352 g/mol. The van der Waals surface area contributed by atoms with Gasteiger partial charge in [-0.05, 0) is 36.2 Å². The number of aromatic nitrogens is 2. The van der Waals surface area contributed by atoms with Crippen molar-refractivity contribution in [3.63, 3.8) is 0 Å². The Labute approximate surface area is 157 Å². The molecule has 140 valence electrons. The molecule has 0 aliphatic heterocycles. The first kappa shape index (κ1) is 20.2. The molecule has 1 heterocycles. The van der Waals surface area contributed by atoms with E-state index in [0.29, 0.717) is 12.3 Å². The summed E-state index contributed by atoms with van der Waals surface area (Å²) in [5.41, 5.74) is 2.05. The van der Waals surface area contributed by atoms with Crippen LogP contribution < -0.4 is 5.11 Å². The Bertz CT molecular complexity index is 753. The molecule has 0 saturated heterocycles. The lowest BCUT2D eigenvalue weighted by atomic mass is 10.1. The molecule has 7 heteroatoms. The predicted molar refractivity (Wildman–Crippen MR) is 101 cm³/mol. The van der Waals surface area contributed by atoms with Gasteiger partial charge in [0, 0.05) is 30.6 Å². The summed E-state index contributed by atoms with van der Waals surface area (Å²) in [4.78, 5) is 25.1. The Morgan fingerprint density at radius 3 is 2.65 bits per heavy atom. The van der Waals surface area contributed by atoms with Crippen molar-refractivity contribution >= 4 is 22.8 Å². The lowest BCUT2D eigenvalue weighted by Crippen LogP contribution is -2.22. The molecule has 0 saturated carbocycles. The number of aliphatic hydroxyl groups is 1. The summed E-state index contributed by atoms with van der Waals surface area (Å²) in [6.07, 6.45) is 3.85. The molecule has 1 aromatic carbocycles. The SMILES string of the molecule is CCCCc1ncc(CSC(=[OH+])C(C)O)n1Cc1ccc(C(=O)[O-])cc1. The van der Waals surface area contributed by atoms with E-state index in [1.165, 1.54) is 30.8 Å². The second-order valence-corrected chi connectivity index (χ2v) is 7.14. The average molecular weight is 376 g/mol. The van der Waals surface area contributed by atoms with E-state index in [-0.39, 0.29) is 10.7 Å². The number of aliphatic hydroxyl groups excluding tert-OH is 1. The second-order valence-electron chi connectivity index (χ2n) is 6.14. The molecule has 0 bridgehead atoms. The first-order chi connectivity index (χ1) is 12.4. The van der Waals surface area contributed by atoms with Crippen molar-refractivity contribution < 1.29 is 19.8 Å². The van der Waals surface area contributed by atoms with Gasteiger partial charge in [-0.3, -0.25) is 4.79 Å². The van der Waals surface area contributed by atoms with Gasteiger partial charge in [-0.25, -0.2) is 4.98 Å². The van der Waals surface area contributed by atoms with Crippen molar-refractivity contribution in [1.82, 2.24) is 9.55 Å². The second kappa shape index (κ2) is 9.54. The number of carbonyl (C=O) groups excluding carboxylic acids is 2. The van der Waals surface area contributed by atoms with Crippen LogP contribution in [0.25, 0.3) is 0 Å². The van der Waals surface area contributed by atoms with Crippen LogP contribution in [0.1, 0.15) is 54.1 Å². The number of hydrogen-bond acceptors (Lipinski definition) is 5. The molecule has 0 fully saturated rings. The van der Waals surface area contributed by atoms with Crippen LogP contribution in [-0.2, 0) is 18.7 Å². The number of carboxylic acids is 1. The van der Waals surface area contributed by atoms with E-state index in [2.05, 4.69) is 16.5 Å². The number of carboxylic acid groups (broad SMARTS) is 1. The molecule has 0 amide bonds. The number of benzene rings is 1. The van der Waals surface area contributed by atoms with Gasteiger partial charge in [0.05, 0.1) is 5.97 Å². The smallest absolute Gasteiger partial charge is 0.379 e. The highest BCUT2D eigenvalue weighted by Crippen LogP contribution is 2.19. The molecule has 1 unspecified atom stereocenters. The highest BCUT2D eigenvalue weighted by atomic mass is 32.2. The molecule has 6 nitrogen and oxygen atoms in total. The number of carbonyl (C=O) groups is 1. The van der Waals surface area contributed by atoms with Crippen molar-refractivity contribution in [1.29, 1.82) is 0 Å². The lowest BCUT2D eigenvalue weighted by Gasteiger charge is -2.12. The molecule has 1 aromatic heterocycles. The van der Waals surface area contributed by atoms with Crippen molar-refractivity contribution in [2.24, 2.45) is 0 Å². The number of nitrogens with zero attached hydrogens (tertiary/aromatic N) is 2. The van der Waals surface area contributed by atoms with Gasteiger partial charge in [0.25, 0.3) is 0 Å². The van der Waals surface area contributed by atoms with Crippen LogP contribution in [0.2, 0.25) is 0 Å². The molecular formula is C19H24N2O4S. The van der Waals surface area contributed by atoms with Gasteiger partial charge >= 0.3 is 5.12 Å². The zero-order valence-electron chi connectivity index (χ0n) is 15.0. The molecule has 2 aromatic rings. The summed E-state index contributed by atoms with van der Waals surface area (Å²) in [5, 5.41) is 20.3. The van der Waals surface area contributed by atoms with Crippen LogP contribution in [-0.4, -0.2) is 36.6 Å². The molecule has 2 rings (SSSR count). The first-order valence-corrected chi connectivity index (χ1v) is 9.61. The fraction of sp³-hybridized carbons (Fsp3) is 0.421. The number of thioether (sulfide) groups is 1. The Morgan fingerprint density at radius 1 is 1.38 bits per heavy atom. The number of rotatable bonds is 9. The van der Waals surface area contributed by atoms with Crippen molar-refractivity contribution in [2.75, 3.05) is 0 Å². The van der Waals surface area contributed by atoms with Gasteiger partial charge in [0.1, 0.15) is 5.82 Å². The molecule has 0 radical (unpaired) electrons. The third kappa shape index (κ3) is 5.44. The van der Waals surface area contributed by atoms with Gasteiger partial charge < -0.3 is 19.6 Å². The Balaban J connectivity index is 2.20.